The number of benzene rings is 1. The summed E-state index contributed by atoms with van der Waals surface area (Å²) in [5, 5.41) is 3.45. The van der Waals surface area contributed by atoms with E-state index in [1.807, 2.05) is 32.8 Å². The van der Waals surface area contributed by atoms with Gasteiger partial charge in [-0.1, -0.05) is 37.0 Å². The summed E-state index contributed by atoms with van der Waals surface area (Å²) in [6.45, 7) is 5.22. The average Bonchev–Trinajstić information content (AvgIpc) is 2.66. The van der Waals surface area contributed by atoms with Gasteiger partial charge in [-0.2, -0.15) is 0 Å². The summed E-state index contributed by atoms with van der Waals surface area (Å²) in [4.78, 5) is 41.2. The third-order valence-electron chi connectivity index (χ3n) is 5.36. The first-order valence-corrected chi connectivity index (χ1v) is 11.0. The highest BCUT2D eigenvalue weighted by atomic mass is 35.5. The number of fused-ring (bicyclic) bond motifs is 1. The Morgan fingerprint density at radius 3 is 2.48 bits per heavy atom. The van der Waals surface area contributed by atoms with E-state index < -0.39 is 11.5 Å². The molecule has 1 aromatic carbocycles. The lowest BCUT2D eigenvalue weighted by molar-refractivity contribution is 0.0908. The van der Waals surface area contributed by atoms with Crippen molar-refractivity contribution in [3.8, 4) is 5.69 Å². The molecular formula is C23H27Cl2N3O3. The van der Waals surface area contributed by atoms with Crippen molar-refractivity contribution < 1.29 is 9.59 Å². The lowest BCUT2D eigenvalue weighted by Gasteiger charge is -2.32. The van der Waals surface area contributed by atoms with Crippen LogP contribution in [0.4, 0.5) is 0 Å². The predicted molar refractivity (Wildman–Crippen MR) is 124 cm³/mol. The number of halogens is 2. The van der Waals surface area contributed by atoms with Crippen LogP contribution in [0.25, 0.3) is 5.69 Å². The molecule has 0 saturated heterocycles. The van der Waals surface area contributed by atoms with E-state index in [4.69, 9.17) is 23.2 Å². The fraction of sp³-hybridized carbons (Fsp3) is 0.435. The molecule has 31 heavy (non-hydrogen) atoms. The zero-order valence-electron chi connectivity index (χ0n) is 18.2. The van der Waals surface area contributed by atoms with E-state index in [1.165, 1.54) is 10.6 Å². The fourth-order valence-corrected chi connectivity index (χ4v) is 4.16. The number of aromatic nitrogens is 1. The Morgan fingerprint density at radius 1 is 1.13 bits per heavy atom. The topological polar surface area (TPSA) is 71.4 Å². The molecule has 3 rings (SSSR count). The predicted octanol–water partition coefficient (Wildman–Crippen LogP) is 3.98. The zero-order valence-corrected chi connectivity index (χ0v) is 19.7. The highest BCUT2D eigenvalue weighted by molar-refractivity contribution is 6.42. The molecule has 0 spiro atoms. The molecule has 1 amide bonds. The number of amides is 1. The Labute approximate surface area is 192 Å². The summed E-state index contributed by atoms with van der Waals surface area (Å²) in [5.41, 5.74) is 0.640. The van der Waals surface area contributed by atoms with Gasteiger partial charge in [0.05, 0.1) is 15.7 Å². The van der Waals surface area contributed by atoms with Crippen LogP contribution in [0.1, 0.15) is 53.1 Å². The van der Waals surface area contributed by atoms with Crippen LogP contribution in [0.5, 0.6) is 0 Å². The van der Waals surface area contributed by atoms with Crippen molar-refractivity contribution in [2.24, 2.45) is 5.41 Å². The molecule has 0 aliphatic heterocycles. The number of ketones is 1. The number of nitrogens with one attached hydrogen (secondary N) is 1. The first-order chi connectivity index (χ1) is 14.5. The van der Waals surface area contributed by atoms with Gasteiger partial charge in [-0.3, -0.25) is 19.0 Å². The van der Waals surface area contributed by atoms with E-state index in [2.05, 4.69) is 5.32 Å². The minimum absolute atomic E-state index is 0.0530. The van der Waals surface area contributed by atoms with Crippen molar-refractivity contribution in [3.63, 3.8) is 0 Å². The smallest absolute Gasteiger partial charge is 0.268 e. The molecule has 1 aliphatic rings. The average molecular weight is 464 g/mol. The molecule has 166 valence electrons. The van der Waals surface area contributed by atoms with E-state index in [9.17, 15) is 14.4 Å². The molecule has 0 radical (unpaired) electrons. The van der Waals surface area contributed by atoms with Gasteiger partial charge < -0.3 is 10.2 Å². The number of rotatable bonds is 6. The Hall–Kier alpha value is -2.15. The second-order valence-corrected chi connectivity index (χ2v) is 9.83. The van der Waals surface area contributed by atoms with Crippen LogP contribution in [0.2, 0.25) is 10.0 Å². The van der Waals surface area contributed by atoms with E-state index >= 15 is 0 Å². The number of hydrogen-bond donors (Lipinski definition) is 1. The Bertz CT molecular complexity index is 1090. The largest absolute Gasteiger partial charge is 0.352 e. The van der Waals surface area contributed by atoms with Gasteiger partial charge in [0, 0.05) is 24.2 Å². The van der Waals surface area contributed by atoms with E-state index in [0.29, 0.717) is 46.4 Å². The number of pyridine rings is 1. The number of nitrogens with zero attached hydrogens (tertiary/aromatic N) is 2. The van der Waals surface area contributed by atoms with Gasteiger partial charge in [-0.15, -0.1) is 0 Å². The van der Waals surface area contributed by atoms with Gasteiger partial charge in [0.25, 0.3) is 11.5 Å². The lowest BCUT2D eigenvalue weighted by atomic mass is 9.75. The summed E-state index contributed by atoms with van der Waals surface area (Å²) >= 11 is 12.3. The molecular weight excluding hydrogens is 437 g/mol. The van der Waals surface area contributed by atoms with E-state index in [-0.39, 0.29) is 16.8 Å². The molecule has 1 aliphatic carbocycles. The second-order valence-electron chi connectivity index (χ2n) is 9.01. The third kappa shape index (κ3) is 5.20. The SMILES string of the molecule is CN(C)CCCNC(=O)c1cc2c(n(-c3ccc(Cl)c(Cl)c3)c1=O)CC(C)(C)CC2=O. The second kappa shape index (κ2) is 9.15. The molecule has 0 atom stereocenters. The Kier molecular flexibility index (Phi) is 6.94. The summed E-state index contributed by atoms with van der Waals surface area (Å²) in [7, 11) is 3.91. The minimum atomic E-state index is -0.488. The highest BCUT2D eigenvalue weighted by Gasteiger charge is 2.35. The van der Waals surface area contributed by atoms with Crippen LogP contribution in [0, 0.1) is 5.41 Å². The van der Waals surface area contributed by atoms with Gasteiger partial charge in [0.1, 0.15) is 5.56 Å². The molecule has 1 aromatic heterocycles. The van der Waals surface area contributed by atoms with Crippen molar-refractivity contribution in [1.82, 2.24) is 14.8 Å². The van der Waals surface area contributed by atoms with Crippen LogP contribution in [-0.2, 0) is 6.42 Å². The Balaban J connectivity index is 2.11. The van der Waals surface area contributed by atoms with Crippen molar-refractivity contribution in [1.29, 1.82) is 0 Å². The van der Waals surface area contributed by atoms with Gasteiger partial charge in [0.2, 0.25) is 0 Å². The maximum atomic E-state index is 13.4. The summed E-state index contributed by atoms with van der Waals surface area (Å²) in [6, 6.07) is 6.30. The molecule has 0 unspecified atom stereocenters. The first kappa shape index (κ1) is 23.5. The molecule has 6 nitrogen and oxygen atoms in total. The quantitative estimate of drug-likeness (QED) is 0.657. The maximum Gasteiger partial charge on any atom is 0.268 e. The first-order valence-electron chi connectivity index (χ1n) is 10.2. The standard InChI is InChI=1S/C23H27Cl2N3O3/c1-23(2)12-19-15(20(29)13-23)11-16(21(30)26-8-5-9-27(3)4)22(31)28(19)14-6-7-17(24)18(25)10-14/h6-7,10-11H,5,8-9,12-13H2,1-4H3,(H,26,30). The highest BCUT2D eigenvalue weighted by Crippen LogP contribution is 2.36. The number of Topliss-reactive ketones (excluding diaryl/α,β-unsaturated/α-hetero) is 1. The Morgan fingerprint density at radius 2 is 1.84 bits per heavy atom. The molecule has 0 saturated carbocycles. The summed E-state index contributed by atoms with van der Waals surface area (Å²) < 4.78 is 1.44. The van der Waals surface area contributed by atoms with Gasteiger partial charge >= 0.3 is 0 Å². The molecule has 0 fully saturated rings. The molecule has 0 bridgehead atoms. The molecule has 1 N–H and O–H groups in total. The monoisotopic (exact) mass is 463 g/mol. The van der Waals surface area contributed by atoms with Crippen LogP contribution in [-0.4, -0.2) is 48.3 Å². The number of carbonyl (C=O) groups is 2. The lowest BCUT2D eigenvalue weighted by Crippen LogP contribution is -2.39. The summed E-state index contributed by atoms with van der Waals surface area (Å²) in [6.07, 6.45) is 1.62. The van der Waals surface area contributed by atoms with Gasteiger partial charge in [0.15, 0.2) is 5.78 Å². The van der Waals surface area contributed by atoms with Crippen molar-refractivity contribution in [2.45, 2.75) is 33.1 Å². The van der Waals surface area contributed by atoms with E-state index in [0.717, 1.165) is 13.0 Å². The van der Waals surface area contributed by atoms with Gasteiger partial charge in [-0.05, 0) is 63.2 Å². The molecule has 2 aromatic rings. The normalized spacial score (nSPS) is 15.1. The zero-order chi connectivity index (χ0) is 22.9. The van der Waals surface area contributed by atoms with Crippen LogP contribution in [0.15, 0.2) is 29.1 Å². The van der Waals surface area contributed by atoms with Crippen molar-refractivity contribution in [2.75, 3.05) is 27.2 Å². The van der Waals surface area contributed by atoms with Crippen molar-refractivity contribution in [3.05, 3.63) is 61.5 Å². The van der Waals surface area contributed by atoms with Crippen LogP contribution < -0.4 is 10.9 Å². The molecule has 1 heterocycles. The number of carbonyl (C=O) groups excluding carboxylic acids is 2. The van der Waals surface area contributed by atoms with Crippen LogP contribution in [0.3, 0.4) is 0 Å². The van der Waals surface area contributed by atoms with Gasteiger partial charge in [-0.25, -0.2) is 0 Å². The van der Waals surface area contributed by atoms with Crippen LogP contribution >= 0.6 is 23.2 Å². The fourth-order valence-electron chi connectivity index (χ4n) is 3.87. The maximum absolute atomic E-state index is 13.4. The third-order valence-corrected chi connectivity index (χ3v) is 6.10. The summed E-state index contributed by atoms with van der Waals surface area (Å²) in [5.74, 6) is -0.570. The molecule has 8 heteroatoms. The minimum Gasteiger partial charge on any atom is -0.352 e. The van der Waals surface area contributed by atoms with E-state index in [1.54, 1.807) is 18.2 Å². The number of hydrogen-bond acceptors (Lipinski definition) is 4. The van der Waals surface area contributed by atoms with Crippen molar-refractivity contribution >= 4 is 34.9 Å².